The van der Waals surface area contributed by atoms with Crippen LogP contribution < -0.4 is 4.90 Å². The molecule has 40 heavy (non-hydrogen) atoms. The Morgan fingerprint density at radius 1 is 0.825 bits per heavy atom. The average molecular weight is 558 g/mol. The third-order valence-corrected chi connectivity index (χ3v) is 7.31. The van der Waals surface area contributed by atoms with E-state index in [1.165, 1.54) is 12.1 Å². The molecule has 1 aliphatic rings. The van der Waals surface area contributed by atoms with Crippen LogP contribution in [0.25, 0.3) is 11.3 Å². The quantitative estimate of drug-likeness (QED) is 0.306. The summed E-state index contributed by atoms with van der Waals surface area (Å²) in [6.07, 6.45) is 0.630. The van der Waals surface area contributed by atoms with E-state index in [2.05, 4.69) is 15.1 Å². The second kappa shape index (κ2) is 12.7. The minimum absolute atomic E-state index is 0.0247. The van der Waals surface area contributed by atoms with Gasteiger partial charge in [-0.25, -0.2) is 4.39 Å². The van der Waals surface area contributed by atoms with Crippen LogP contribution in [0.15, 0.2) is 91.0 Å². The third-order valence-electron chi connectivity index (χ3n) is 6.98. The van der Waals surface area contributed by atoms with E-state index in [0.717, 1.165) is 16.9 Å². The Morgan fingerprint density at radius 2 is 1.52 bits per heavy atom. The number of hydrogen-bond acceptors (Lipinski definition) is 5. The van der Waals surface area contributed by atoms with E-state index >= 15 is 0 Å². The number of carbonyl (C=O) groups is 2. The van der Waals surface area contributed by atoms with Crippen molar-refractivity contribution in [2.24, 2.45) is 0 Å². The lowest BCUT2D eigenvalue weighted by molar-refractivity contribution is -0.132. The highest BCUT2D eigenvalue weighted by Gasteiger charge is 2.26. The number of benzene rings is 3. The van der Waals surface area contributed by atoms with E-state index in [4.69, 9.17) is 11.6 Å². The number of carbonyl (C=O) groups excluding carboxylic acids is 2. The maximum absolute atomic E-state index is 13.4. The smallest absolute Gasteiger partial charge is 0.255 e. The number of piperazine rings is 1. The molecule has 2 heterocycles. The van der Waals surface area contributed by atoms with Gasteiger partial charge < -0.3 is 14.7 Å². The number of nitrogens with zero attached hydrogens (tertiary/aromatic N) is 5. The van der Waals surface area contributed by atoms with Gasteiger partial charge in [0.05, 0.1) is 16.3 Å². The van der Waals surface area contributed by atoms with Crippen LogP contribution >= 0.6 is 11.6 Å². The summed E-state index contributed by atoms with van der Waals surface area (Å²) in [5.41, 5.74) is 2.93. The van der Waals surface area contributed by atoms with Gasteiger partial charge in [-0.3, -0.25) is 9.59 Å². The van der Waals surface area contributed by atoms with Crippen LogP contribution in [0.2, 0.25) is 5.02 Å². The van der Waals surface area contributed by atoms with Crippen molar-refractivity contribution < 1.29 is 14.0 Å². The van der Waals surface area contributed by atoms with Crippen molar-refractivity contribution in [3.8, 4) is 11.3 Å². The molecule has 204 valence electrons. The van der Waals surface area contributed by atoms with Crippen molar-refractivity contribution in [2.75, 3.05) is 44.2 Å². The molecule has 0 N–H and O–H groups in total. The number of amides is 2. The van der Waals surface area contributed by atoms with Crippen molar-refractivity contribution in [3.05, 3.63) is 113 Å². The monoisotopic (exact) mass is 557 g/mol. The van der Waals surface area contributed by atoms with E-state index in [9.17, 15) is 14.0 Å². The molecule has 0 saturated carbocycles. The second-order valence-electron chi connectivity index (χ2n) is 9.59. The molecular formula is C31H29ClFN5O2. The first-order valence-electron chi connectivity index (χ1n) is 13.2. The predicted octanol–water partition coefficient (Wildman–Crippen LogP) is 4.97. The molecule has 4 aromatic rings. The van der Waals surface area contributed by atoms with E-state index < -0.39 is 0 Å². The van der Waals surface area contributed by atoms with Gasteiger partial charge in [0, 0.05) is 38.3 Å². The van der Waals surface area contributed by atoms with E-state index in [-0.39, 0.29) is 24.2 Å². The first kappa shape index (κ1) is 27.3. The van der Waals surface area contributed by atoms with Gasteiger partial charge in [-0.05, 0) is 60.5 Å². The number of hydrogen-bond donors (Lipinski definition) is 0. The first-order valence-corrected chi connectivity index (χ1v) is 13.6. The Morgan fingerprint density at radius 3 is 2.20 bits per heavy atom. The van der Waals surface area contributed by atoms with Crippen LogP contribution in [0, 0.1) is 5.82 Å². The summed E-state index contributed by atoms with van der Waals surface area (Å²) in [6, 6.07) is 26.7. The molecule has 0 radical (unpaired) electrons. The van der Waals surface area contributed by atoms with E-state index in [1.54, 1.807) is 46.2 Å². The van der Waals surface area contributed by atoms with Crippen molar-refractivity contribution in [3.63, 3.8) is 0 Å². The van der Waals surface area contributed by atoms with Crippen molar-refractivity contribution >= 4 is 29.2 Å². The maximum Gasteiger partial charge on any atom is 0.255 e. The fourth-order valence-corrected chi connectivity index (χ4v) is 4.90. The van der Waals surface area contributed by atoms with Gasteiger partial charge in [-0.2, -0.15) is 0 Å². The van der Waals surface area contributed by atoms with Gasteiger partial charge in [-0.1, -0.05) is 54.1 Å². The van der Waals surface area contributed by atoms with Crippen LogP contribution in [0.4, 0.5) is 10.2 Å². The molecule has 1 fully saturated rings. The van der Waals surface area contributed by atoms with Gasteiger partial charge in [-0.15, -0.1) is 10.2 Å². The average Bonchev–Trinajstić information content (AvgIpc) is 3.00. The predicted molar refractivity (Wildman–Crippen MR) is 154 cm³/mol. The zero-order valence-corrected chi connectivity index (χ0v) is 22.7. The number of anilines is 1. The molecule has 9 heteroatoms. The lowest BCUT2D eigenvalue weighted by Crippen LogP contribution is -2.52. The molecule has 1 aliphatic heterocycles. The summed E-state index contributed by atoms with van der Waals surface area (Å²) in [5.74, 6) is 0.0560. The van der Waals surface area contributed by atoms with Gasteiger partial charge in [0.15, 0.2) is 5.82 Å². The Kier molecular flexibility index (Phi) is 8.66. The van der Waals surface area contributed by atoms with Crippen molar-refractivity contribution in [2.45, 2.75) is 6.42 Å². The number of rotatable bonds is 8. The molecule has 0 aliphatic carbocycles. The standard InChI is InChI=1S/C31H29ClFN5O2/c32-27-9-5-4-8-26(27)31(40)38(17-16-23-6-2-1-3-7-23)22-30(39)37-20-18-36(19-21-37)29-15-14-28(34-35-29)24-10-12-25(33)13-11-24/h1-15H,16-22H2. The lowest BCUT2D eigenvalue weighted by Gasteiger charge is -2.36. The molecule has 3 aromatic carbocycles. The Bertz CT molecular complexity index is 1440. The Hall–Kier alpha value is -4.30. The molecule has 7 nitrogen and oxygen atoms in total. The van der Waals surface area contributed by atoms with Crippen LogP contribution in [0.5, 0.6) is 0 Å². The summed E-state index contributed by atoms with van der Waals surface area (Å²) in [6.45, 7) is 2.58. The molecule has 0 unspecified atom stereocenters. The second-order valence-corrected chi connectivity index (χ2v) is 10.0. The van der Waals surface area contributed by atoms with Crippen molar-refractivity contribution in [1.29, 1.82) is 0 Å². The maximum atomic E-state index is 13.4. The highest BCUT2D eigenvalue weighted by atomic mass is 35.5. The fourth-order valence-electron chi connectivity index (χ4n) is 4.68. The van der Waals surface area contributed by atoms with E-state index in [1.807, 2.05) is 42.5 Å². The molecule has 2 amide bonds. The van der Waals surface area contributed by atoms with E-state index in [0.29, 0.717) is 55.4 Å². The minimum Gasteiger partial charge on any atom is -0.352 e. The van der Waals surface area contributed by atoms with Gasteiger partial charge >= 0.3 is 0 Å². The molecule has 0 bridgehead atoms. The van der Waals surface area contributed by atoms with Gasteiger partial charge in [0.2, 0.25) is 5.91 Å². The third kappa shape index (κ3) is 6.63. The molecule has 0 atom stereocenters. The zero-order chi connectivity index (χ0) is 27.9. The highest BCUT2D eigenvalue weighted by Crippen LogP contribution is 2.21. The summed E-state index contributed by atoms with van der Waals surface area (Å²) in [5, 5.41) is 9.01. The SMILES string of the molecule is O=C(CN(CCc1ccccc1)C(=O)c1ccccc1Cl)N1CCN(c2ccc(-c3ccc(F)cc3)nn2)CC1. The summed E-state index contributed by atoms with van der Waals surface area (Å²) in [7, 11) is 0. The molecule has 0 spiro atoms. The van der Waals surface area contributed by atoms with Gasteiger partial charge in [0.1, 0.15) is 12.4 Å². The molecule has 1 aromatic heterocycles. The Labute approximate surface area is 237 Å². The van der Waals surface area contributed by atoms with Crippen LogP contribution in [0.1, 0.15) is 15.9 Å². The van der Waals surface area contributed by atoms with Crippen LogP contribution in [0.3, 0.4) is 0 Å². The van der Waals surface area contributed by atoms with Crippen LogP contribution in [-0.2, 0) is 11.2 Å². The topological polar surface area (TPSA) is 69.6 Å². The summed E-state index contributed by atoms with van der Waals surface area (Å²) in [4.78, 5) is 32.2. The Balaban J connectivity index is 1.21. The molecule has 1 saturated heterocycles. The largest absolute Gasteiger partial charge is 0.352 e. The van der Waals surface area contributed by atoms with Crippen LogP contribution in [-0.4, -0.2) is 71.1 Å². The minimum atomic E-state index is -0.298. The number of halogens is 2. The first-order chi connectivity index (χ1) is 19.5. The van der Waals surface area contributed by atoms with Gasteiger partial charge in [0.25, 0.3) is 5.91 Å². The summed E-state index contributed by atoms with van der Waals surface area (Å²) >= 11 is 6.32. The number of aromatic nitrogens is 2. The molecular weight excluding hydrogens is 529 g/mol. The van der Waals surface area contributed by atoms with Crippen molar-refractivity contribution in [1.82, 2.24) is 20.0 Å². The molecule has 5 rings (SSSR count). The zero-order valence-electron chi connectivity index (χ0n) is 21.9. The fraction of sp³-hybridized carbons (Fsp3) is 0.226. The lowest BCUT2D eigenvalue weighted by atomic mass is 10.1. The highest BCUT2D eigenvalue weighted by molar-refractivity contribution is 6.33. The summed E-state index contributed by atoms with van der Waals surface area (Å²) < 4.78 is 13.2. The normalized spacial score (nSPS) is 13.2.